The Morgan fingerprint density at radius 2 is 2.04 bits per heavy atom. The lowest BCUT2D eigenvalue weighted by Gasteiger charge is -2.16. The van der Waals surface area contributed by atoms with Crippen molar-refractivity contribution in [2.24, 2.45) is 0 Å². The van der Waals surface area contributed by atoms with E-state index in [9.17, 15) is 9.59 Å². The van der Waals surface area contributed by atoms with Gasteiger partial charge in [-0.1, -0.05) is 30.3 Å². The third kappa shape index (κ3) is 4.67. The van der Waals surface area contributed by atoms with Crippen LogP contribution < -0.4 is 0 Å². The molecule has 26 heavy (non-hydrogen) atoms. The number of nitrogens with zero attached hydrogens (tertiary/aromatic N) is 2. The zero-order chi connectivity index (χ0) is 18.4. The van der Waals surface area contributed by atoms with Crippen LogP contribution in [-0.2, 0) is 11.2 Å². The number of ether oxygens (including phenoxy) is 1. The van der Waals surface area contributed by atoms with Gasteiger partial charge in [0, 0.05) is 25.9 Å². The molecule has 1 atom stereocenters. The van der Waals surface area contributed by atoms with Crippen molar-refractivity contribution in [3.05, 3.63) is 65.5 Å². The lowest BCUT2D eigenvalue weighted by molar-refractivity contribution is 0.0523. The minimum absolute atomic E-state index is 0.0254. The number of likely N-dealkylation sites (tertiary alicyclic amines) is 1. The van der Waals surface area contributed by atoms with E-state index in [1.54, 1.807) is 4.90 Å². The van der Waals surface area contributed by atoms with Gasteiger partial charge in [0.25, 0.3) is 5.91 Å². The van der Waals surface area contributed by atoms with Crippen molar-refractivity contribution in [2.45, 2.75) is 25.4 Å². The van der Waals surface area contributed by atoms with E-state index in [4.69, 9.17) is 9.84 Å². The van der Waals surface area contributed by atoms with Gasteiger partial charge in [0.2, 0.25) is 0 Å². The molecule has 0 aliphatic carbocycles. The number of pyridine rings is 1. The molecule has 1 aliphatic rings. The molecule has 0 spiro atoms. The summed E-state index contributed by atoms with van der Waals surface area (Å²) >= 11 is 0. The Kier molecular flexibility index (Phi) is 5.96. The molecule has 1 amide bonds. The highest BCUT2D eigenvalue weighted by molar-refractivity contribution is 5.95. The summed E-state index contributed by atoms with van der Waals surface area (Å²) in [7, 11) is 0. The highest BCUT2D eigenvalue weighted by Gasteiger charge is 2.28. The topological polar surface area (TPSA) is 79.7 Å². The lowest BCUT2D eigenvalue weighted by atomic mass is 10.1. The van der Waals surface area contributed by atoms with Gasteiger partial charge in [-0.2, -0.15) is 0 Å². The quantitative estimate of drug-likeness (QED) is 0.773. The molecule has 1 aromatic heterocycles. The van der Waals surface area contributed by atoms with Gasteiger partial charge >= 0.3 is 5.97 Å². The Labute approximate surface area is 152 Å². The third-order valence-electron chi connectivity index (χ3n) is 4.46. The molecule has 6 nitrogen and oxygen atoms in total. The van der Waals surface area contributed by atoms with Crippen LogP contribution >= 0.6 is 0 Å². The summed E-state index contributed by atoms with van der Waals surface area (Å²) in [6, 6.07) is 13.0. The Morgan fingerprint density at radius 3 is 2.81 bits per heavy atom. The first-order chi connectivity index (χ1) is 12.6. The van der Waals surface area contributed by atoms with Gasteiger partial charge in [-0.25, -0.2) is 4.79 Å². The van der Waals surface area contributed by atoms with Crippen LogP contribution in [0.5, 0.6) is 0 Å². The van der Waals surface area contributed by atoms with Crippen molar-refractivity contribution in [1.29, 1.82) is 0 Å². The monoisotopic (exact) mass is 354 g/mol. The van der Waals surface area contributed by atoms with Gasteiger partial charge in [0.05, 0.1) is 11.7 Å². The first-order valence-electron chi connectivity index (χ1n) is 8.77. The summed E-state index contributed by atoms with van der Waals surface area (Å²) in [6.07, 6.45) is 4.08. The minimum atomic E-state index is -1.07. The summed E-state index contributed by atoms with van der Waals surface area (Å²) in [5.74, 6) is -1.31. The van der Waals surface area contributed by atoms with Gasteiger partial charge in [-0.3, -0.25) is 9.78 Å². The summed E-state index contributed by atoms with van der Waals surface area (Å²) in [5, 5.41) is 9.03. The van der Waals surface area contributed by atoms with Gasteiger partial charge in [-0.15, -0.1) is 0 Å². The lowest BCUT2D eigenvalue weighted by Crippen LogP contribution is -2.31. The number of carbonyl (C=O) groups excluding carboxylic acids is 1. The van der Waals surface area contributed by atoms with Crippen LogP contribution in [0.4, 0.5) is 0 Å². The van der Waals surface area contributed by atoms with Crippen LogP contribution in [0.25, 0.3) is 0 Å². The molecule has 2 heterocycles. The number of hydrogen-bond acceptors (Lipinski definition) is 4. The highest BCUT2D eigenvalue weighted by atomic mass is 16.5. The number of carbonyl (C=O) groups is 2. The van der Waals surface area contributed by atoms with E-state index >= 15 is 0 Å². The van der Waals surface area contributed by atoms with Crippen molar-refractivity contribution in [1.82, 2.24) is 9.88 Å². The second-order valence-electron chi connectivity index (χ2n) is 6.36. The zero-order valence-corrected chi connectivity index (χ0v) is 14.5. The number of carboxylic acids is 1. The molecule has 1 aromatic carbocycles. The number of carboxylic acid groups (broad SMARTS) is 1. The maximum atomic E-state index is 12.5. The largest absolute Gasteiger partial charge is 0.478 e. The van der Waals surface area contributed by atoms with E-state index in [0.29, 0.717) is 19.7 Å². The SMILES string of the molecule is O=C(O)c1ccnc(C(=O)N2CCC(OCCCc3ccccc3)C2)c1. The van der Waals surface area contributed by atoms with Crippen LogP contribution in [0, 0.1) is 0 Å². The van der Waals surface area contributed by atoms with E-state index < -0.39 is 5.97 Å². The number of aryl methyl sites for hydroxylation is 1. The van der Waals surface area contributed by atoms with Crippen LogP contribution in [0.15, 0.2) is 48.7 Å². The normalized spacial score (nSPS) is 16.6. The molecular weight excluding hydrogens is 332 g/mol. The fourth-order valence-corrected chi connectivity index (χ4v) is 3.06. The Hall–Kier alpha value is -2.73. The number of rotatable bonds is 7. The fraction of sp³-hybridized carbons (Fsp3) is 0.350. The zero-order valence-electron chi connectivity index (χ0n) is 14.5. The van der Waals surface area contributed by atoms with Crippen molar-refractivity contribution < 1.29 is 19.4 Å². The Bertz CT molecular complexity index is 763. The average Bonchev–Trinajstić information content (AvgIpc) is 3.14. The molecular formula is C20H22N2O4. The molecule has 1 aliphatic heterocycles. The van der Waals surface area contributed by atoms with Crippen molar-refractivity contribution in [2.75, 3.05) is 19.7 Å². The molecule has 136 valence electrons. The number of hydrogen-bond donors (Lipinski definition) is 1. The Balaban J connectivity index is 1.45. The molecule has 0 bridgehead atoms. The number of aromatic nitrogens is 1. The molecule has 0 saturated carbocycles. The summed E-state index contributed by atoms with van der Waals surface area (Å²) < 4.78 is 5.89. The van der Waals surface area contributed by atoms with Crippen molar-refractivity contribution in [3.63, 3.8) is 0 Å². The summed E-state index contributed by atoms with van der Waals surface area (Å²) in [5.41, 5.74) is 1.52. The summed E-state index contributed by atoms with van der Waals surface area (Å²) in [4.78, 5) is 29.2. The third-order valence-corrected chi connectivity index (χ3v) is 4.46. The molecule has 1 saturated heterocycles. The standard InChI is InChI=1S/C20H22N2O4/c23-19(18-13-16(20(24)25)8-10-21-18)22-11-9-17(14-22)26-12-4-7-15-5-2-1-3-6-15/h1-3,5-6,8,10,13,17H,4,7,9,11-12,14H2,(H,24,25). The molecule has 2 aromatic rings. The first-order valence-corrected chi connectivity index (χ1v) is 8.77. The molecule has 6 heteroatoms. The number of amides is 1. The van der Waals surface area contributed by atoms with Crippen molar-refractivity contribution in [3.8, 4) is 0 Å². The number of aromatic carboxylic acids is 1. The van der Waals surface area contributed by atoms with E-state index in [0.717, 1.165) is 19.3 Å². The van der Waals surface area contributed by atoms with Crippen molar-refractivity contribution >= 4 is 11.9 Å². The molecule has 3 rings (SSSR count). The maximum absolute atomic E-state index is 12.5. The fourth-order valence-electron chi connectivity index (χ4n) is 3.06. The second kappa shape index (κ2) is 8.58. The highest BCUT2D eigenvalue weighted by Crippen LogP contribution is 2.16. The van der Waals surface area contributed by atoms with E-state index in [2.05, 4.69) is 17.1 Å². The van der Waals surface area contributed by atoms with Crippen LogP contribution in [0.1, 0.15) is 39.3 Å². The van der Waals surface area contributed by atoms with Crippen LogP contribution in [0.3, 0.4) is 0 Å². The molecule has 0 radical (unpaired) electrons. The van der Waals surface area contributed by atoms with Gasteiger partial charge < -0.3 is 14.7 Å². The first kappa shape index (κ1) is 18.1. The van der Waals surface area contributed by atoms with E-state index in [1.165, 1.54) is 23.9 Å². The molecule has 1 unspecified atom stereocenters. The van der Waals surface area contributed by atoms with Gasteiger partial charge in [0.1, 0.15) is 5.69 Å². The van der Waals surface area contributed by atoms with E-state index in [-0.39, 0.29) is 23.3 Å². The predicted molar refractivity (Wildman–Crippen MR) is 96.2 cm³/mol. The summed E-state index contributed by atoms with van der Waals surface area (Å²) in [6.45, 7) is 1.78. The van der Waals surface area contributed by atoms with Gasteiger partial charge in [-0.05, 0) is 37.0 Å². The number of benzene rings is 1. The average molecular weight is 354 g/mol. The minimum Gasteiger partial charge on any atom is -0.478 e. The smallest absolute Gasteiger partial charge is 0.335 e. The van der Waals surface area contributed by atoms with Crippen LogP contribution in [0.2, 0.25) is 0 Å². The van der Waals surface area contributed by atoms with E-state index in [1.807, 2.05) is 18.2 Å². The molecule has 1 fully saturated rings. The second-order valence-corrected chi connectivity index (χ2v) is 6.36. The predicted octanol–water partition coefficient (Wildman–Crippen LogP) is 2.64. The van der Waals surface area contributed by atoms with Crippen LogP contribution in [-0.4, -0.2) is 52.7 Å². The Morgan fingerprint density at radius 1 is 1.23 bits per heavy atom. The van der Waals surface area contributed by atoms with Gasteiger partial charge in [0.15, 0.2) is 0 Å². The molecule has 1 N–H and O–H groups in total. The maximum Gasteiger partial charge on any atom is 0.335 e.